The van der Waals surface area contributed by atoms with Crippen molar-refractivity contribution < 1.29 is 18.0 Å². The van der Waals surface area contributed by atoms with Crippen molar-refractivity contribution in [1.29, 1.82) is 0 Å². The van der Waals surface area contributed by atoms with E-state index in [1.54, 1.807) is 24.1 Å². The number of halogens is 4. The van der Waals surface area contributed by atoms with Crippen molar-refractivity contribution in [2.75, 3.05) is 39.8 Å². The second-order valence-electron chi connectivity index (χ2n) is 7.08. The Balaban J connectivity index is 0.00000450. The summed E-state index contributed by atoms with van der Waals surface area (Å²) in [4.78, 5) is 19.7. The van der Waals surface area contributed by atoms with E-state index in [1.807, 2.05) is 26.0 Å². The summed E-state index contributed by atoms with van der Waals surface area (Å²) in [5.41, 5.74) is 1.63. The Morgan fingerprint density at radius 3 is 2.40 bits per heavy atom. The maximum Gasteiger partial charge on any atom is 0.401 e. The van der Waals surface area contributed by atoms with Gasteiger partial charge in [-0.3, -0.25) is 14.7 Å². The molecule has 1 aromatic carbocycles. The molecule has 1 heterocycles. The van der Waals surface area contributed by atoms with E-state index in [0.717, 1.165) is 5.56 Å². The minimum Gasteiger partial charge on any atom is -0.352 e. The van der Waals surface area contributed by atoms with Crippen molar-refractivity contribution in [3.63, 3.8) is 0 Å². The highest BCUT2D eigenvalue weighted by molar-refractivity contribution is 14.0. The first kappa shape index (κ1) is 26.5. The molecule has 1 aliphatic heterocycles. The Hall–Kier alpha value is -1.56. The molecule has 1 amide bonds. The van der Waals surface area contributed by atoms with Crippen molar-refractivity contribution in [3.05, 3.63) is 35.4 Å². The molecule has 0 radical (unpaired) electrons. The van der Waals surface area contributed by atoms with Crippen molar-refractivity contribution in [2.45, 2.75) is 39.0 Å². The molecule has 30 heavy (non-hydrogen) atoms. The summed E-state index contributed by atoms with van der Waals surface area (Å²) in [6, 6.07) is 7.31. The fourth-order valence-corrected chi connectivity index (χ4v) is 3.38. The Bertz CT molecular complexity index is 693. The van der Waals surface area contributed by atoms with Crippen LogP contribution in [0, 0.1) is 0 Å². The number of guanidine groups is 1. The van der Waals surface area contributed by atoms with Gasteiger partial charge in [-0.2, -0.15) is 13.2 Å². The highest BCUT2D eigenvalue weighted by atomic mass is 127. The smallest absolute Gasteiger partial charge is 0.352 e. The van der Waals surface area contributed by atoms with Crippen LogP contribution in [0.2, 0.25) is 0 Å². The molecule has 0 aromatic heterocycles. The molecule has 0 aliphatic carbocycles. The van der Waals surface area contributed by atoms with Gasteiger partial charge < -0.3 is 15.5 Å². The summed E-state index contributed by atoms with van der Waals surface area (Å²) in [5, 5.41) is 6.35. The molecule has 1 atom stereocenters. The number of hydrogen-bond donors (Lipinski definition) is 2. The number of alkyl halides is 3. The molecule has 10 heteroatoms. The molecule has 1 fully saturated rings. The van der Waals surface area contributed by atoms with Gasteiger partial charge in [-0.1, -0.05) is 12.1 Å². The van der Waals surface area contributed by atoms with Gasteiger partial charge in [-0.15, -0.1) is 24.0 Å². The predicted molar refractivity (Wildman–Crippen MR) is 123 cm³/mol. The first-order valence-electron chi connectivity index (χ1n) is 9.90. The lowest BCUT2D eigenvalue weighted by atomic mass is 10.1. The van der Waals surface area contributed by atoms with Crippen LogP contribution in [-0.4, -0.2) is 73.7 Å². The molecule has 0 saturated carbocycles. The van der Waals surface area contributed by atoms with Crippen molar-refractivity contribution in [2.24, 2.45) is 4.99 Å². The van der Waals surface area contributed by atoms with Gasteiger partial charge in [0.15, 0.2) is 5.96 Å². The molecule has 0 spiro atoms. The predicted octanol–water partition coefficient (Wildman–Crippen LogP) is 3.09. The van der Waals surface area contributed by atoms with Crippen LogP contribution in [0.3, 0.4) is 0 Å². The number of amides is 1. The Labute approximate surface area is 193 Å². The van der Waals surface area contributed by atoms with Gasteiger partial charge in [0, 0.05) is 51.4 Å². The number of rotatable bonds is 7. The van der Waals surface area contributed by atoms with E-state index in [2.05, 4.69) is 15.6 Å². The maximum absolute atomic E-state index is 12.5. The SMILES string of the molecule is CCN(CC)C(=O)c1ccc(CNC(=NC)NC2CCN(CC(F)(F)F)C2)cc1.I. The van der Waals surface area contributed by atoms with E-state index in [0.29, 0.717) is 50.7 Å². The molecular formula is C20H31F3IN5O. The van der Waals surface area contributed by atoms with E-state index in [1.165, 1.54) is 4.90 Å². The van der Waals surface area contributed by atoms with Crippen molar-refractivity contribution in [1.82, 2.24) is 20.4 Å². The topological polar surface area (TPSA) is 60.0 Å². The summed E-state index contributed by atoms with van der Waals surface area (Å²) in [6.07, 6.45) is -3.54. The Kier molecular flexibility index (Phi) is 10.9. The molecule has 6 nitrogen and oxygen atoms in total. The van der Waals surface area contributed by atoms with Gasteiger partial charge >= 0.3 is 6.18 Å². The van der Waals surface area contributed by atoms with Gasteiger partial charge in [0.2, 0.25) is 0 Å². The van der Waals surface area contributed by atoms with E-state index in [-0.39, 0.29) is 35.9 Å². The monoisotopic (exact) mass is 541 g/mol. The van der Waals surface area contributed by atoms with Gasteiger partial charge in [0.1, 0.15) is 0 Å². The second kappa shape index (κ2) is 12.3. The quantitative estimate of drug-likeness (QED) is 0.317. The van der Waals surface area contributed by atoms with Gasteiger partial charge in [-0.25, -0.2) is 0 Å². The molecule has 1 aliphatic rings. The zero-order valence-electron chi connectivity index (χ0n) is 17.6. The fourth-order valence-electron chi connectivity index (χ4n) is 3.38. The summed E-state index contributed by atoms with van der Waals surface area (Å²) < 4.78 is 37.5. The van der Waals surface area contributed by atoms with Crippen LogP contribution in [0.25, 0.3) is 0 Å². The van der Waals surface area contributed by atoms with E-state index in [9.17, 15) is 18.0 Å². The van der Waals surface area contributed by atoms with E-state index in [4.69, 9.17) is 0 Å². The largest absolute Gasteiger partial charge is 0.401 e. The number of nitrogens with one attached hydrogen (secondary N) is 2. The first-order chi connectivity index (χ1) is 13.8. The van der Waals surface area contributed by atoms with Crippen LogP contribution >= 0.6 is 24.0 Å². The molecular weight excluding hydrogens is 510 g/mol. The number of likely N-dealkylation sites (tertiary alicyclic amines) is 1. The third-order valence-corrected chi connectivity index (χ3v) is 4.95. The number of carbonyl (C=O) groups excluding carboxylic acids is 1. The lowest BCUT2D eigenvalue weighted by Gasteiger charge is -2.20. The fraction of sp³-hybridized carbons (Fsp3) is 0.600. The third kappa shape index (κ3) is 8.29. The summed E-state index contributed by atoms with van der Waals surface area (Å²) in [6.45, 7) is 5.60. The molecule has 0 bridgehead atoms. The van der Waals surface area contributed by atoms with Crippen LogP contribution in [0.1, 0.15) is 36.2 Å². The van der Waals surface area contributed by atoms with Crippen LogP contribution in [0.15, 0.2) is 29.3 Å². The average molecular weight is 541 g/mol. The number of nitrogens with zero attached hydrogens (tertiary/aromatic N) is 3. The Morgan fingerprint density at radius 2 is 1.87 bits per heavy atom. The van der Waals surface area contributed by atoms with Gasteiger partial charge in [0.25, 0.3) is 5.91 Å². The van der Waals surface area contributed by atoms with Crippen LogP contribution in [0.4, 0.5) is 13.2 Å². The Morgan fingerprint density at radius 1 is 1.23 bits per heavy atom. The van der Waals surface area contributed by atoms with Crippen LogP contribution in [0.5, 0.6) is 0 Å². The lowest BCUT2D eigenvalue weighted by molar-refractivity contribution is -0.143. The summed E-state index contributed by atoms with van der Waals surface area (Å²) >= 11 is 0. The first-order valence-corrected chi connectivity index (χ1v) is 9.90. The van der Waals surface area contributed by atoms with E-state index < -0.39 is 12.7 Å². The highest BCUT2D eigenvalue weighted by Gasteiger charge is 2.34. The molecule has 2 N–H and O–H groups in total. The average Bonchev–Trinajstić information content (AvgIpc) is 3.11. The molecule has 1 aromatic rings. The van der Waals surface area contributed by atoms with Gasteiger partial charge in [0.05, 0.1) is 6.54 Å². The lowest BCUT2D eigenvalue weighted by Crippen LogP contribution is -2.44. The number of benzene rings is 1. The number of hydrogen-bond acceptors (Lipinski definition) is 3. The van der Waals surface area contributed by atoms with Crippen molar-refractivity contribution in [3.8, 4) is 0 Å². The summed E-state index contributed by atoms with van der Waals surface area (Å²) in [5.74, 6) is 0.559. The molecule has 1 unspecified atom stereocenters. The van der Waals surface area contributed by atoms with Gasteiger partial charge in [-0.05, 0) is 38.0 Å². The minimum absolute atomic E-state index is 0. The molecule has 2 rings (SSSR count). The minimum atomic E-state index is -4.17. The van der Waals surface area contributed by atoms with Crippen LogP contribution < -0.4 is 10.6 Å². The maximum atomic E-state index is 12.5. The van der Waals surface area contributed by atoms with Crippen LogP contribution in [-0.2, 0) is 6.54 Å². The molecule has 1 saturated heterocycles. The number of aliphatic imine (C=N–C) groups is 1. The normalized spacial score (nSPS) is 17.4. The molecule has 170 valence electrons. The standard InChI is InChI=1S/C20H30F3N5O.HI/c1-4-28(5-2)18(29)16-8-6-15(7-9-16)12-25-19(24-3)26-17-10-11-27(13-17)14-20(21,22)23;/h6-9,17H,4-5,10-14H2,1-3H3,(H2,24,25,26);1H. The highest BCUT2D eigenvalue weighted by Crippen LogP contribution is 2.19. The zero-order valence-corrected chi connectivity index (χ0v) is 20.0. The summed E-state index contributed by atoms with van der Waals surface area (Å²) in [7, 11) is 1.63. The van der Waals surface area contributed by atoms with Crippen molar-refractivity contribution >= 4 is 35.8 Å². The van der Waals surface area contributed by atoms with E-state index >= 15 is 0 Å². The number of carbonyl (C=O) groups is 1. The third-order valence-electron chi connectivity index (χ3n) is 4.95. The zero-order chi connectivity index (χ0) is 21.4. The second-order valence-corrected chi connectivity index (χ2v) is 7.08.